The van der Waals surface area contributed by atoms with E-state index in [9.17, 15) is 23.2 Å². The molecule has 13 heteroatoms. The largest absolute Gasteiger partial charge is 0.461 e. The fourth-order valence-corrected chi connectivity index (χ4v) is 4.89. The maximum atomic E-state index is 14.0. The molecule has 1 aliphatic heterocycles. The Kier molecular flexibility index (Phi) is 19.1. The smallest absolute Gasteiger partial charge is 0.407 e. The van der Waals surface area contributed by atoms with Gasteiger partial charge in [-0.3, -0.25) is 14.6 Å². The number of rotatable bonds is 11. The third-order valence-electron chi connectivity index (χ3n) is 7.19. The lowest BCUT2D eigenvalue weighted by atomic mass is 10.2. The maximum Gasteiger partial charge on any atom is 0.407 e. The van der Waals surface area contributed by atoms with Crippen LogP contribution in [0.3, 0.4) is 0 Å². The zero-order valence-electron chi connectivity index (χ0n) is 31.7. The third-order valence-corrected chi connectivity index (χ3v) is 7.49. The number of carbonyl (C=O) groups excluding carboxylic acids is 3. The number of anilines is 1. The first-order valence-corrected chi connectivity index (χ1v) is 18.0. The van der Waals surface area contributed by atoms with Crippen LogP contribution in [-0.2, 0) is 25.7 Å². The number of nitrogens with zero attached hydrogens (tertiary/aromatic N) is 3. The number of esters is 1. The van der Waals surface area contributed by atoms with Crippen LogP contribution in [0.4, 0.5) is 19.3 Å². The Morgan fingerprint density at radius 3 is 2.30 bits per heavy atom. The number of halogens is 3. The van der Waals surface area contributed by atoms with E-state index in [1.807, 2.05) is 56.0 Å². The zero-order chi connectivity index (χ0) is 39.4. The summed E-state index contributed by atoms with van der Waals surface area (Å²) in [6.45, 7) is 13.1. The second-order valence-electron chi connectivity index (χ2n) is 12.5. The molecule has 53 heavy (non-hydrogen) atoms. The molecule has 4 rings (SSSR count). The van der Waals surface area contributed by atoms with E-state index in [1.165, 1.54) is 24.3 Å². The molecule has 1 saturated heterocycles. The monoisotopic (exact) mass is 755 g/mol. The van der Waals surface area contributed by atoms with Crippen molar-refractivity contribution in [2.45, 2.75) is 73.0 Å². The molecule has 0 spiro atoms. The molecule has 1 heterocycles. The van der Waals surface area contributed by atoms with Gasteiger partial charge in [0.15, 0.2) is 0 Å². The minimum atomic E-state index is -0.545. The lowest BCUT2D eigenvalue weighted by Crippen LogP contribution is -2.52. The van der Waals surface area contributed by atoms with Crippen molar-refractivity contribution in [1.82, 2.24) is 15.1 Å². The van der Waals surface area contributed by atoms with Gasteiger partial charge in [0.05, 0.1) is 18.0 Å². The minimum absolute atomic E-state index is 0.0278. The number of aliphatic imine (C=N–C) groups is 1. The van der Waals surface area contributed by atoms with Gasteiger partial charge >= 0.3 is 12.1 Å². The van der Waals surface area contributed by atoms with Crippen molar-refractivity contribution < 1.29 is 32.6 Å². The SMILES string of the molecule is CC.CC(C)(C)OC(=O)NCCC(=O)OCc1ccccc1.CCCC(=O)N1CCN(/C(=C/c2cccc(F)c2)Nc2ccc(Cl)c(F)c2)C(=NC)C1. The molecule has 2 amide bonds. The highest BCUT2D eigenvalue weighted by Gasteiger charge is 2.27. The molecule has 1 fully saturated rings. The van der Waals surface area contributed by atoms with Gasteiger partial charge in [0, 0.05) is 38.8 Å². The Morgan fingerprint density at radius 1 is 0.962 bits per heavy atom. The molecule has 288 valence electrons. The number of carbonyl (C=O) groups is 3. The predicted octanol–water partition coefficient (Wildman–Crippen LogP) is 8.67. The lowest BCUT2D eigenvalue weighted by molar-refractivity contribution is -0.144. The molecule has 3 aromatic rings. The topological polar surface area (TPSA) is 113 Å². The summed E-state index contributed by atoms with van der Waals surface area (Å²) in [5.74, 6) is 0.105. The standard InChI is InChI=1S/C23H25ClF2N4O.C15H21NO4.C2H6/c1-3-5-23(31)29-10-11-30(22(15-29)27-2)21(13-16-6-4-7-17(25)12-16)28-18-8-9-19(24)20(26)14-18;1-15(2,3)20-14(18)16-10-9-13(17)19-11-12-7-5-4-6-8-12;1-2/h4,6-9,12-14,28H,3,5,10-11,15H2,1-2H3;4-8H,9-11H2,1-3H3,(H,16,18);1-2H3/b21-13+,27-22?;;. The molecule has 10 nitrogen and oxygen atoms in total. The van der Waals surface area contributed by atoms with Gasteiger partial charge in [0.1, 0.15) is 35.5 Å². The Labute approximate surface area is 317 Å². The van der Waals surface area contributed by atoms with Crippen LogP contribution in [0, 0.1) is 11.6 Å². The number of hydrogen-bond acceptors (Lipinski definition) is 7. The van der Waals surface area contributed by atoms with Gasteiger partial charge < -0.3 is 29.9 Å². The van der Waals surface area contributed by atoms with Gasteiger partial charge in [0.2, 0.25) is 5.91 Å². The molecule has 0 radical (unpaired) electrons. The number of benzene rings is 3. The molecule has 0 bridgehead atoms. The summed E-state index contributed by atoms with van der Waals surface area (Å²) in [5.41, 5.74) is 1.51. The minimum Gasteiger partial charge on any atom is -0.461 e. The maximum absolute atomic E-state index is 14.0. The second kappa shape index (κ2) is 22.9. The predicted molar refractivity (Wildman–Crippen MR) is 207 cm³/mol. The average Bonchev–Trinajstić information content (AvgIpc) is 3.12. The number of piperazine rings is 1. The number of hydrogen-bond donors (Lipinski definition) is 2. The van der Waals surface area contributed by atoms with Crippen LogP contribution >= 0.6 is 11.6 Å². The van der Waals surface area contributed by atoms with Gasteiger partial charge in [-0.25, -0.2) is 13.6 Å². The average molecular weight is 756 g/mol. The van der Waals surface area contributed by atoms with Crippen molar-refractivity contribution in [3.05, 3.63) is 106 Å². The molecule has 0 unspecified atom stereocenters. The summed E-state index contributed by atoms with van der Waals surface area (Å²) in [6, 6.07) is 20.0. The van der Waals surface area contributed by atoms with Gasteiger partial charge in [0.25, 0.3) is 0 Å². The van der Waals surface area contributed by atoms with Crippen LogP contribution in [0.15, 0.2) is 83.6 Å². The van der Waals surface area contributed by atoms with Gasteiger partial charge in [-0.1, -0.05) is 74.8 Å². The zero-order valence-corrected chi connectivity index (χ0v) is 32.4. The Bertz CT molecular complexity index is 1680. The fourth-order valence-electron chi connectivity index (χ4n) is 4.77. The summed E-state index contributed by atoms with van der Waals surface area (Å²) >= 11 is 5.80. The van der Waals surface area contributed by atoms with E-state index in [-0.39, 0.29) is 42.3 Å². The Balaban J connectivity index is 0.000000383. The van der Waals surface area contributed by atoms with Crippen LogP contribution in [0.25, 0.3) is 6.08 Å². The van der Waals surface area contributed by atoms with E-state index in [2.05, 4.69) is 15.6 Å². The number of amides is 2. The summed E-state index contributed by atoms with van der Waals surface area (Å²) in [4.78, 5) is 43.2. The van der Waals surface area contributed by atoms with E-state index < -0.39 is 17.5 Å². The molecule has 1 aliphatic rings. The van der Waals surface area contributed by atoms with Gasteiger partial charge in [-0.05, 0) is 74.7 Å². The van der Waals surface area contributed by atoms with Crippen LogP contribution in [-0.4, -0.2) is 72.4 Å². The molecule has 3 aromatic carbocycles. The number of amidine groups is 1. The van der Waals surface area contributed by atoms with E-state index in [0.717, 1.165) is 12.0 Å². The molecular formula is C40H52ClF2N5O5. The summed E-state index contributed by atoms with van der Waals surface area (Å²) in [6.07, 6.45) is 2.63. The first kappa shape index (κ1) is 44.2. The molecular weight excluding hydrogens is 704 g/mol. The fraction of sp³-hybridized carbons (Fsp3) is 0.400. The van der Waals surface area contributed by atoms with Crippen LogP contribution in [0.2, 0.25) is 5.02 Å². The number of ether oxygens (including phenoxy) is 2. The van der Waals surface area contributed by atoms with E-state index in [0.29, 0.717) is 49.0 Å². The highest BCUT2D eigenvalue weighted by molar-refractivity contribution is 6.30. The van der Waals surface area contributed by atoms with E-state index in [4.69, 9.17) is 21.1 Å². The molecule has 2 N–H and O–H groups in total. The normalized spacial score (nSPS) is 13.5. The lowest BCUT2D eigenvalue weighted by Gasteiger charge is -2.38. The highest BCUT2D eigenvalue weighted by Crippen LogP contribution is 2.23. The number of nitrogens with one attached hydrogen (secondary N) is 2. The molecule has 0 aliphatic carbocycles. The molecule has 0 atom stereocenters. The van der Waals surface area contributed by atoms with E-state index in [1.54, 1.807) is 57.0 Å². The number of alkyl carbamates (subject to hydrolysis) is 1. The third kappa shape index (κ3) is 16.5. The van der Waals surface area contributed by atoms with Crippen molar-refractivity contribution in [3.63, 3.8) is 0 Å². The van der Waals surface area contributed by atoms with Gasteiger partial charge in [-0.15, -0.1) is 0 Å². The summed E-state index contributed by atoms with van der Waals surface area (Å²) in [7, 11) is 1.66. The summed E-state index contributed by atoms with van der Waals surface area (Å²) in [5, 5.41) is 5.73. The first-order valence-electron chi connectivity index (χ1n) is 17.6. The van der Waals surface area contributed by atoms with Crippen LogP contribution < -0.4 is 10.6 Å². The molecule has 0 aromatic heterocycles. The Morgan fingerprint density at radius 2 is 1.68 bits per heavy atom. The van der Waals surface area contributed by atoms with Gasteiger partial charge in [-0.2, -0.15) is 0 Å². The Hall–Kier alpha value is -4.97. The van der Waals surface area contributed by atoms with E-state index >= 15 is 0 Å². The van der Waals surface area contributed by atoms with Crippen molar-refractivity contribution in [3.8, 4) is 0 Å². The van der Waals surface area contributed by atoms with Crippen molar-refractivity contribution >= 4 is 47.2 Å². The quantitative estimate of drug-likeness (QED) is 0.188. The van der Waals surface area contributed by atoms with Crippen LogP contribution in [0.1, 0.15) is 71.9 Å². The first-order chi connectivity index (χ1) is 25.3. The van der Waals surface area contributed by atoms with Crippen molar-refractivity contribution in [2.75, 3.05) is 38.5 Å². The van der Waals surface area contributed by atoms with Crippen molar-refractivity contribution in [2.24, 2.45) is 4.99 Å². The summed E-state index contributed by atoms with van der Waals surface area (Å²) < 4.78 is 37.9. The van der Waals surface area contributed by atoms with Crippen molar-refractivity contribution in [1.29, 1.82) is 0 Å². The molecule has 0 saturated carbocycles. The second-order valence-corrected chi connectivity index (χ2v) is 12.9. The highest BCUT2D eigenvalue weighted by atomic mass is 35.5. The van der Waals surface area contributed by atoms with Crippen LogP contribution in [0.5, 0.6) is 0 Å².